The van der Waals surface area contributed by atoms with E-state index >= 15 is 0 Å². The van der Waals surface area contributed by atoms with E-state index in [1.807, 2.05) is 6.08 Å². The van der Waals surface area contributed by atoms with Gasteiger partial charge in [-0.3, -0.25) is 4.90 Å². The summed E-state index contributed by atoms with van der Waals surface area (Å²) in [6.07, 6.45) is 18.6. The molecule has 1 rings (SSSR count). The van der Waals surface area contributed by atoms with Crippen LogP contribution >= 0.6 is 0 Å². The van der Waals surface area contributed by atoms with Crippen LogP contribution in [0, 0.1) is 0 Å². The molecule has 148 valence electrons. The van der Waals surface area contributed by atoms with Crippen LogP contribution in [0.2, 0.25) is 0 Å². The van der Waals surface area contributed by atoms with Crippen molar-refractivity contribution in [2.24, 2.45) is 0 Å². The van der Waals surface area contributed by atoms with Gasteiger partial charge in [0.2, 0.25) is 0 Å². The molecule has 0 aliphatic rings. The molecule has 0 aliphatic heterocycles. The van der Waals surface area contributed by atoms with E-state index in [9.17, 15) is 0 Å². The lowest BCUT2D eigenvalue weighted by Gasteiger charge is -2.23. The molecule has 0 aliphatic carbocycles. The molecule has 1 nitrogen and oxygen atoms in total. The van der Waals surface area contributed by atoms with Crippen LogP contribution < -0.4 is 0 Å². The molecule has 0 saturated heterocycles. The normalized spacial score (nSPS) is 11.2. The molecule has 1 aromatic carbocycles. The standard InChI is InChI=1S/C25H43N/c1-4-7-9-11-13-17-21-26(22-18-14-12-10-8-5-2)23-25-20-16-15-19-24(25)6-3/h6,15-16,19-20H,3-5,7-14,17-18,21-23H2,1-2H3. The Hall–Kier alpha value is -1.08. The molecule has 0 unspecified atom stereocenters. The molecule has 0 amide bonds. The van der Waals surface area contributed by atoms with Gasteiger partial charge in [-0.15, -0.1) is 0 Å². The number of benzene rings is 1. The first-order valence-electron chi connectivity index (χ1n) is 11.2. The van der Waals surface area contributed by atoms with E-state index in [4.69, 9.17) is 0 Å². The molecule has 0 heterocycles. The van der Waals surface area contributed by atoms with Gasteiger partial charge in [0.25, 0.3) is 0 Å². The summed E-state index contributed by atoms with van der Waals surface area (Å²) in [5.41, 5.74) is 2.72. The molecule has 0 aromatic heterocycles. The van der Waals surface area contributed by atoms with Crippen LogP contribution in [-0.2, 0) is 6.54 Å². The second-order valence-corrected chi connectivity index (χ2v) is 7.71. The van der Waals surface area contributed by atoms with Crippen LogP contribution in [0.5, 0.6) is 0 Å². The lowest BCUT2D eigenvalue weighted by Crippen LogP contribution is -2.26. The predicted molar refractivity (Wildman–Crippen MR) is 119 cm³/mol. The average molecular weight is 358 g/mol. The van der Waals surface area contributed by atoms with Crippen LogP contribution in [0.3, 0.4) is 0 Å². The maximum absolute atomic E-state index is 3.99. The van der Waals surface area contributed by atoms with Gasteiger partial charge in [-0.25, -0.2) is 0 Å². The third-order valence-corrected chi connectivity index (χ3v) is 5.32. The van der Waals surface area contributed by atoms with Crippen molar-refractivity contribution < 1.29 is 0 Å². The molecular weight excluding hydrogens is 314 g/mol. The highest BCUT2D eigenvalue weighted by atomic mass is 15.1. The summed E-state index contributed by atoms with van der Waals surface area (Å²) in [4.78, 5) is 2.68. The van der Waals surface area contributed by atoms with Gasteiger partial charge < -0.3 is 0 Å². The van der Waals surface area contributed by atoms with Gasteiger partial charge in [0.05, 0.1) is 0 Å². The van der Waals surface area contributed by atoms with Gasteiger partial charge in [0.15, 0.2) is 0 Å². The average Bonchev–Trinajstić information content (AvgIpc) is 2.67. The number of unbranched alkanes of at least 4 members (excludes halogenated alkanes) is 10. The van der Waals surface area contributed by atoms with Crippen molar-refractivity contribution in [1.29, 1.82) is 0 Å². The molecule has 0 N–H and O–H groups in total. The van der Waals surface area contributed by atoms with Crippen molar-refractivity contribution in [2.45, 2.75) is 97.4 Å². The Bertz CT molecular complexity index is 435. The molecule has 0 saturated carbocycles. The summed E-state index contributed by atoms with van der Waals surface area (Å²) in [6.45, 7) is 12.1. The Kier molecular flexibility index (Phi) is 14.2. The van der Waals surface area contributed by atoms with Gasteiger partial charge in [-0.05, 0) is 37.1 Å². The predicted octanol–water partition coefficient (Wildman–Crippen LogP) is 7.85. The summed E-state index contributed by atoms with van der Waals surface area (Å²) < 4.78 is 0. The van der Waals surface area contributed by atoms with Crippen molar-refractivity contribution in [1.82, 2.24) is 4.90 Å². The van der Waals surface area contributed by atoms with E-state index < -0.39 is 0 Å². The summed E-state index contributed by atoms with van der Waals surface area (Å²) in [6, 6.07) is 8.74. The van der Waals surface area contributed by atoms with Crippen LogP contribution in [-0.4, -0.2) is 18.0 Å². The molecule has 26 heavy (non-hydrogen) atoms. The fourth-order valence-electron chi connectivity index (χ4n) is 3.62. The first-order chi connectivity index (χ1) is 12.8. The number of hydrogen-bond acceptors (Lipinski definition) is 1. The zero-order chi connectivity index (χ0) is 18.9. The van der Waals surface area contributed by atoms with E-state index in [1.165, 1.54) is 101 Å². The molecule has 0 atom stereocenters. The van der Waals surface area contributed by atoms with Crippen LogP contribution in [0.25, 0.3) is 6.08 Å². The Morgan fingerprint density at radius 3 is 1.77 bits per heavy atom. The zero-order valence-electron chi connectivity index (χ0n) is 17.6. The maximum atomic E-state index is 3.99. The lowest BCUT2D eigenvalue weighted by molar-refractivity contribution is 0.252. The molecule has 0 fully saturated rings. The van der Waals surface area contributed by atoms with Crippen molar-refractivity contribution in [2.75, 3.05) is 13.1 Å². The Labute approximate surface area is 163 Å². The summed E-state index contributed by atoms with van der Waals surface area (Å²) in [5.74, 6) is 0. The minimum absolute atomic E-state index is 1.08. The van der Waals surface area contributed by atoms with Gasteiger partial charge in [0.1, 0.15) is 0 Å². The fourth-order valence-corrected chi connectivity index (χ4v) is 3.62. The fraction of sp³-hybridized carbons (Fsp3) is 0.680. The molecule has 0 spiro atoms. The Morgan fingerprint density at radius 2 is 1.23 bits per heavy atom. The van der Waals surface area contributed by atoms with E-state index in [2.05, 4.69) is 49.6 Å². The van der Waals surface area contributed by atoms with Crippen molar-refractivity contribution in [3.05, 3.63) is 42.0 Å². The topological polar surface area (TPSA) is 3.24 Å². The maximum Gasteiger partial charge on any atom is 0.0239 e. The molecule has 0 bridgehead atoms. The first-order valence-corrected chi connectivity index (χ1v) is 11.2. The van der Waals surface area contributed by atoms with Gasteiger partial charge >= 0.3 is 0 Å². The van der Waals surface area contributed by atoms with E-state index in [0.717, 1.165) is 6.54 Å². The Balaban J connectivity index is 2.42. The largest absolute Gasteiger partial charge is 0.299 e. The van der Waals surface area contributed by atoms with E-state index in [1.54, 1.807) is 0 Å². The lowest BCUT2D eigenvalue weighted by atomic mass is 10.1. The second-order valence-electron chi connectivity index (χ2n) is 7.71. The highest BCUT2D eigenvalue weighted by Crippen LogP contribution is 2.15. The van der Waals surface area contributed by atoms with Gasteiger partial charge in [0, 0.05) is 6.54 Å². The monoisotopic (exact) mass is 357 g/mol. The highest BCUT2D eigenvalue weighted by Gasteiger charge is 2.08. The smallest absolute Gasteiger partial charge is 0.0239 e. The summed E-state index contributed by atoms with van der Waals surface area (Å²) >= 11 is 0. The second kappa shape index (κ2) is 16.1. The minimum atomic E-state index is 1.08. The van der Waals surface area contributed by atoms with E-state index in [-0.39, 0.29) is 0 Å². The van der Waals surface area contributed by atoms with Gasteiger partial charge in [-0.1, -0.05) is 115 Å². The first kappa shape index (κ1) is 23.0. The van der Waals surface area contributed by atoms with Crippen molar-refractivity contribution in [3.63, 3.8) is 0 Å². The van der Waals surface area contributed by atoms with Crippen LogP contribution in [0.4, 0.5) is 0 Å². The SMILES string of the molecule is C=Cc1ccccc1CN(CCCCCCCC)CCCCCCCC. The van der Waals surface area contributed by atoms with Crippen LogP contribution in [0.1, 0.15) is 102 Å². The van der Waals surface area contributed by atoms with Crippen molar-refractivity contribution >= 4 is 6.08 Å². The van der Waals surface area contributed by atoms with Crippen molar-refractivity contribution in [3.8, 4) is 0 Å². The number of rotatable bonds is 17. The highest BCUT2D eigenvalue weighted by molar-refractivity contribution is 5.51. The quantitative estimate of drug-likeness (QED) is 0.256. The Morgan fingerprint density at radius 1 is 0.731 bits per heavy atom. The van der Waals surface area contributed by atoms with Crippen LogP contribution in [0.15, 0.2) is 30.8 Å². The third kappa shape index (κ3) is 10.8. The zero-order valence-corrected chi connectivity index (χ0v) is 17.6. The third-order valence-electron chi connectivity index (χ3n) is 5.32. The van der Waals surface area contributed by atoms with E-state index in [0.29, 0.717) is 0 Å². The minimum Gasteiger partial charge on any atom is -0.299 e. The molecule has 0 radical (unpaired) electrons. The summed E-state index contributed by atoms with van der Waals surface area (Å²) in [7, 11) is 0. The molecule has 1 aromatic rings. The number of nitrogens with zero attached hydrogens (tertiary/aromatic N) is 1. The molecule has 1 heteroatoms. The molecular formula is C25H43N. The van der Waals surface area contributed by atoms with Gasteiger partial charge in [-0.2, -0.15) is 0 Å². The number of hydrogen-bond donors (Lipinski definition) is 0. The summed E-state index contributed by atoms with van der Waals surface area (Å²) in [5, 5.41) is 0.